The molecule has 0 aliphatic carbocycles. The van der Waals surface area contributed by atoms with E-state index in [1.807, 2.05) is 13.8 Å². The van der Waals surface area contributed by atoms with Crippen LogP contribution in [-0.4, -0.2) is 49.7 Å². The summed E-state index contributed by atoms with van der Waals surface area (Å²) in [5.74, 6) is -1.69. The molecule has 1 unspecified atom stereocenters. The first kappa shape index (κ1) is 29.1. The first-order valence-electron chi connectivity index (χ1n) is 11.7. The molecule has 0 radical (unpaired) electrons. The fourth-order valence-electron chi connectivity index (χ4n) is 2.90. The van der Waals surface area contributed by atoms with E-state index in [1.54, 1.807) is 39.0 Å². The average Bonchev–Trinajstić information content (AvgIpc) is 2.77. The van der Waals surface area contributed by atoms with Crippen LogP contribution in [0.2, 0.25) is 0 Å². The van der Waals surface area contributed by atoms with Gasteiger partial charge >= 0.3 is 23.9 Å². The van der Waals surface area contributed by atoms with E-state index in [0.717, 1.165) is 0 Å². The standard InChI is InChI=1S/C25H37NO8/c1-7-9-22(27)33-20-12-11-18(14-21(20)34-23(28)10-8-2)13-19(25(30)31-6)26-15-17(5)32-24(29)16(3)4/h11-12,14,16-17,19,26H,7-10,13,15H2,1-6H3/t17?,19-/m0/s1. The maximum absolute atomic E-state index is 12.3. The van der Waals surface area contributed by atoms with Gasteiger partial charge in [-0.1, -0.05) is 33.8 Å². The number of carbonyl (C=O) groups is 4. The molecule has 1 rings (SSSR count). The molecule has 0 aliphatic heterocycles. The van der Waals surface area contributed by atoms with Crippen LogP contribution < -0.4 is 14.8 Å². The minimum absolute atomic E-state index is 0.114. The molecule has 0 bridgehead atoms. The zero-order valence-corrected chi connectivity index (χ0v) is 21.0. The number of rotatable bonds is 14. The van der Waals surface area contributed by atoms with Crippen molar-refractivity contribution in [3.05, 3.63) is 23.8 Å². The Morgan fingerprint density at radius 2 is 1.47 bits per heavy atom. The summed E-state index contributed by atoms with van der Waals surface area (Å²) in [7, 11) is 1.29. The van der Waals surface area contributed by atoms with Gasteiger partial charge in [0.25, 0.3) is 0 Å². The number of benzene rings is 1. The van der Waals surface area contributed by atoms with E-state index in [2.05, 4.69) is 5.32 Å². The Balaban J connectivity index is 3.02. The molecule has 0 spiro atoms. The van der Waals surface area contributed by atoms with Gasteiger partial charge in [0.05, 0.1) is 13.0 Å². The summed E-state index contributed by atoms with van der Waals surface area (Å²) in [5.41, 5.74) is 0.657. The summed E-state index contributed by atoms with van der Waals surface area (Å²) < 4.78 is 21.0. The van der Waals surface area contributed by atoms with Crippen molar-refractivity contribution in [3.8, 4) is 11.5 Å². The summed E-state index contributed by atoms with van der Waals surface area (Å²) in [5, 5.41) is 3.06. The van der Waals surface area contributed by atoms with Crippen LogP contribution in [0.25, 0.3) is 0 Å². The van der Waals surface area contributed by atoms with Crippen LogP contribution >= 0.6 is 0 Å². The number of nitrogens with one attached hydrogen (secondary N) is 1. The van der Waals surface area contributed by atoms with E-state index in [-0.39, 0.29) is 49.2 Å². The van der Waals surface area contributed by atoms with E-state index >= 15 is 0 Å². The maximum Gasteiger partial charge on any atom is 0.323 e. The van der Waals surface area contributed by atoms with Crippen LogP contribution in [0.4, 0.5) is 0 Å². The van der Waals surface area contributed by atoms with Crippen molar-refractivity contribution in [2.45, 2.75) is 78.9 Å². The molecule has 0 saturated heterocycles. The third-order valence-electron chi connectivity index (χ3n) is 4.73. The van der Waals surface area contributed by atoms with Gasteiger partial charge in [0.15, 0.2) is 11.5 Å². The van der Waals surface area contributed by atoms with E-state index in [0.29, 0.717) is 18.4 Å². The van der Waals surface area contributed by atoms with Gasteiger partial charge in [-0.25, -0.2) is 0 Å². The zero-order valence-electron chi connectivity index (χ0n) is 21.0. The van der Waals surface area contributed by atoms with Gasteiger partial charge in [0, 0.05) is 19.4 Å². The normalized spacial score (nSPS) is 12.6. The molecule has 34 heavy (non-hydrogen) atoms. The van der Waals surface area contributed by atoms with Gasteiger partial charge in [-0.15, -0.1) is 0 Å². The van der Waals surface area contributed by atoms with Gasteiger partial charge in [0.2, 0.25) is 0 Å². The van der Waals surface area contributed by atoms with Crippen LogP contribution in [-0.2, 0) is 35.1 Å². The van der Waals surface area contributed by atoms with Gasteiger partial charge < -0.3 is 24.3 Å². The summed E-state index contributed by atoms with van der Waals surface area (Å²) >= 11 is 0. The molecule has 9 nitrogen and oxygen atoms in total. The van der Waals surface area contributed by atoms with Gasteiger partial charge in [-0.2, -0.15) is 0 Å². The molecule has 0 heterocycles. The highest BCUT2D eigenvalue weighted by Gasteiger charge is 2.23. The van der Waals surface area contributed by atoms with Crippen LogP contribution in [0.5, 0.6) is 11.5 Å². The SMILES string of the molecule is CCCC(=O)Oc1ccc(C[C@H](NCC(C)OC(=O)C(C)C)C(=O)OC)cc1OC(=O)CCC. The lowest BCUT2D eigenvalue weighted by atomic mass is 10.0. The highest BCUT2D eigenvalue weighted by molar-refractivity contribution is 5.77. The van der Waals surface area contributed by atoms with Crippen molar-refractivity contribution in [1.29, 1.82) is 0 Å². The fourth-order valence-corrected chi connectivity index (χ4v) is 2.90. The molecular weight excluding hydrogens is 442 g/mol. The van der Waals surface area contributed by atoms with E-state index in [9.17, 15) is 19.2 Å². The number of methoxy groups -OCH3 is 1. The number of hydrogen-bond donors (Lipinski definition) is 1. The molecule has 1 aromatic rings. The Morgan fingerprint density at radius 3 is 2.00 bits per heavy atom. The van der Waals surface area contributed by atoms with Crippen LogP contribution in [0.3, 0.4) is 0 Å². The lowest BCUT2D eigenvalue weighted by Gasteiger charge is -2.21. The van der Waals surface area contributed by atoms with Crippen molar-refractivity contribution >= 4 is 23.9 Å². The summed E-state index contributed by atoms with van der Waals surface area (Å²) in [6.45, 7) is 9.17. The van der Waals surface area contributed by atoms with Gasteiger partial charge in [-0.3, -0.25) is 19.2 Å². The number of ether oxygens (including phenoxy) is 4. The Labute approximate surface area is 201 Å². The van der Waals surface area contributed by atoms with Crippen LogP contribution in [0.1, 0.15) is 65.9 Å². The number of carbonyl (C=O) groups excluding carboxylic acids is 4. The predicted molar refractivity (Wildman–Crippen MR) is 125 cm³/mol. The van der Waals surface area contributed by atoms with E-state index < -0.39 is 30.1 Å². The van der Waals surface area contributed by atoms with Gasteiger partial charge in [0.1, 0.15) is 12.1 Å². The summed E-state index contributed by atoms with van der Waals surface area (Å²) in [6, 6.07) is 4.06. The molecule has 1 N–H and O–H groups in total. The summed E-state index contributed by atoms with van der Waals surface area (Å²) in [4.78, 5) is 48.2. The molecule has 2 atom stereocenters. The fraction of sp³-hybridized carbons (Fsp3) is 0.600. The zero-order chi connectivity index (χ0) is 25.7. The quantitative estimate of drug-likeness (QED) is 0.316. The van der Waals surface area contributed by atoms with Crippen molar-refractivity contribution in [2.75, 3.05) is 13.7 Å². The second-order valence-corrected chi connectivity index (χ2v) is 8.32. The largest absolute Gasteiger partial charge is 0.468 e. The molecular formula is C25H37NO8. The van der Waals surface area contributed by atoms with Crippen molar-refractivity contribution in [1.82, 2.24) is 5.32 Å². The highest BCUT2D eigenvalue weighted by atomic mass is 16.6. The van der Waals surface area contributed by atoms with Gasteiger partial charge in [-0.05, 0) is 43.9 Å². The lowest BCUT2D eigenvalue weighted by molar-refractivity contribution is -0.152. The topological polar surface area (TPSA) is 117 Å². The minimum Gasteiger partial charge on any atom is -0.468 e. The molecule has 190 valence electrons. The van der Waals surface area contributed by atoms with Crippen LogP contribution in [0.15, 0.2) is 18.2 Å². The Bertz CT molecular complexity index is 836. The first-order chi connectivity index (χ1) is 16.1. The van der Waals surface area contributed by atoms with Crippen molar-refractivity contribution < 1.29 is 38.1 Å². The second-order valence-electron chi connectivity index (χ2n) is 8.32. The molecule has 1 aromatic carbocycles. The van der Waals surface area contributed by atoms with Crippen molar-refractivity contribution in [2.24, 2.45) is 5.92 Å². The van der Waals surface area contributed by atoms with Crippen LogP contribution in [0, 0.1) is 5.92 Å². The third-order valence-corrected chi connectivity index (χ3v) is 4.73. The van der Waals surface area contributed by atoms with E-state index in [1.165, 1.54) is 7.11 Å². The number of esters is 4. The summed E-state index contributed by atoms with van der Waals surface area (Å²) in [6.07, 6.45) is 1.44. The molecule has 0 amide bonds. The molecule has 9 heteroatoms. The number of hydrogen-bond acceptors (Lipinski definition) is 9. The average molecular weight is 480 g/mol. The Morgan fingerprint density at radius 1 is 0.882 bits per heavy atom. The molecule has 0 fully saturated rings. The lowest BCUT2D eigenvalue weighted by Crippen LogP contribution is -2.43. The smallest absolute Gasteiger partial charge is 0.323 e. The second kappa shape index (κ2) is 15.1. The monoisotopic (exact) mass is 479 g/mol. The Hall–Kier alpha value is -2.94. The van der Waals surface area contributed by atoms with Crippen molar-refractivity contribution in [3.63, 3.8) is 0 Å². The highest BCUT2D eigenvalue weighted by Crippen LogP contribution is 2.30. The first-order valence-corrected chi connectivity index (χ1v) is 11.7. The third kappa shape index (κ3) is 10.3. The predicted octanol–water partition coefficient (Wildman–Crippen LogP) is 3.36. The molecule has 0 aromatic heterocycles. The molecule has 0 saturated carbocycles. The minimum atomic E-state index is -0.738. The van der Waals surface area contributed by atoms with E-state index in [4.69, 9.17) is 18.9 Å². The maximum atomic E-state index is 12.3. The Kier molecular flexibility index (Phi) is 12.9. The molecule has 0 aliphatic rings.